The molecule has 3 rings (SSSR count). The van der Waals surface area contributed by atoms with E-state index in [1.54, 1.807) is 16.9 Å². The quantitative estimate of drug-likeness (QED) is 0.794. The van der Waals surface area contributed by atoms with E-state index < -0.39 is 0 Å². The molecule has 0 atom stereocenters. The number of hydrogen-bond acceptors (Lipinski definition) is 1. The number of ether oxygens (including phenoxy) is 1. The van der Waals surface area contributed by atoms with Crippen molar-refractivity contribution in [3.63, 3.8) is 0 Å². The number of hydrogen-bond donors (Lipinski definition) is 2. The third kappa shape index (κ3) is 4.56. The van der Waals surface area contributed by atoms with Gasteiger partial charge >= 0.3 is 0 Å². The molecule has 0 amide bonds. The topological polar surface area (TPSA) is 18.1 Å². The molecule has 3 nitrogen and oxygen atoms in total. The van der Waals surface area contributed by atoms with Crippen LogP contribution < -0.4 is 14.5 Å². The highest BCUT2D eigenvalue weighted by Gasteiger charge is 2.23. The number of quaternary nitrogens is 2. The maximum absolute atomic E-state index is 5.30. The smallest absolute Gasteiger partial charge is 0.133 e. The number of nitrogens with one attached hydrogen (secondary N) is 2. The molecule has 1 fully saturated rings. The Kier molecular flexibility index (Phi) is 5.70. The summed E-state index contributed by atoms with van der Waals surface area (Å²) in [6.07, 6.45) is 0. The van der Waals surface area contributed by atoms with Gasteiger partial charge in [-0.3, -0.25) is 0 Å². The molecule has 0 bridgehead atoms. The molecule has 1 heterocycles. The van der Waals surface area contributed by atoms with Gasteiger partial charge in [-0.05, 0) is 34.1 Å². The first-order valence-electron chi connectivity index (χ1n) is 8.28. The van der Waals surface area contributed by atoms with Crippen molar-refractivity contribution in [1.29, 1.82) is 0 Å². The predicted molar refractivity (Wildman–Crippen MR) is 95.9 cm³/mol. The minimum Gasteiger partial charge on any atom is -0.496 e. The van der Waals surface area contributed by atoms with Gasteiger partial charge in [0.15, 0.2) is 0 Å². The monoisotopic (exact) mass is 376 g/mol. The fourth-order valence-corrected chi connectivity index (χ4v) is 3.89. The van der Waals surface area contributed by atoms with E-state index in [0.717, 1.165) is 23.3 Å². The lowest BCUT2D eigenvalue weighted by atomic mass is 10.1. The van der Waals surface area contributed by atoms with Crippen LogP contribution in [0.25, 0.3) is 0 Å². The van der Waals surface area contributed by atoms with Crippen LogP contribution in [-0.2, 0) is 13.1 Å². The van der Waals surface area contributed by atoms with Crippen molar-refractivity contribution >= 4 is 15.9 Å². The summed E-state index contributed by atoms with van der Waals surface area (Å²) >= 11 is 3.58. The van der Waals surface area contributed by atoms with Crippen LogP contribution in [0.2, 0.25) is 0 Å². The molecule has 0 aromatic heterocycles. The zero-order valence-electron chi connectivity index (χ0n) is 13.6. The third-order valence-electron chi connectivity index (χ3n) is 4.63. The highest BCUT2D eigenvalue weighted by molar-refractivity contribution is 9.10. The molecule has 2 aromatic rings. The Morgan fingerprint density at radius 2 is 1.48 bits per heavy atom. The van der Waals surface area contributed by atoms with Gasteiger partial charge in [0.1, 0.15) is 45.0 Å². The maximum atomic E-state index is 5.30. The van der Waals surface area contributed by atoms with Gasteiger partial charge in [0, 0.05) is 11.1 Å². The second kappa shape index (κ2) is 7.95. The molecule has 23 heavy (non-hydrogen) atoms. The summed E-state index contributed by atoms with van der Waals surface area (Å²) in [5.41, 5.74) is 2.82. The van der Waals surface area contributed by atoms with Crippen molar-refractivity contribution < 1.29 is 14.5 Å². The summed E-state index contributed by atoms with van der Waals surface area (Å²) in [4.78, 5) is 3.38. The number of rotatable bonds is 5. The van der Waals surface area contributed by atoms with Crippen molar-refractivity contribution in [2.24, 2.45) is 0 Å². The number of benzene rings is 2. The van der Waals surface area contributed by atoms with E-state index >= 15 is 0 Å². The van der Waals surface area contributed by atoms with Crippen LogP contribution in [0.4, 0.5) is 0 Å². The molecule has 0 unspecified atom stereocenters. The van der Waals surface area contributed by atoms with Crippen LogP contribution >= 0.6 is 15.9 Å². The summed E-state index contributed by atoms with van der Waals surface area (Å²) in [6, 6.07) is 17.3. The molecule has 0 saturated carbocycles. The van der Waals surface area contributed by atoms with Gasteiger partial charge in [-0.25, -0.2) is 0 Å². The summed E-state index contributed by atoms with van der Waals surface area (Å²) in [6.45, 7) is 7.24. The molecule has 0 aliphatic carbocycles. The molecule has 1 aliphatic heterocycles. The largest absolute Gasteiger partial charge is 0.496 e. The fraction of sp³-hybridized carbons (Fsp3) is 0.368. The second-order valence-corrected chi connectivity index (χ2v) is 7.16. The lowest BCUT2D eigenvalue weighted by molar-refractivity contribution is -1.02. The van der Waals surface area contributed by atoms with Gasteiger partial charge in [0.2, 0.25) is 0 Å². The van der Waals surface area contributed by atoms with Crippen LogP contribution in [0.15, 0.2) is 53.0 Å². The number of halogens is 1. The van der Waals surface area contributed by atoms with Crippen LogP contribution in [0.3, 0.4) is 0 Å². The van der Waals surface area contributed by atoms with Crippen LogP contribution in [0, 0.1) is 0 Å². The number of piperazine rings is 1. The van der Waals surface area contributed by atoms with E-state index in [-0.39, 0.29) is 0 Å². The Morgan fingerprint density at radius 1 is 0.870 bits per heavy atom. The van der Waals surface area contributed by atoms with E-state index in [1.807, 2.05) is 0 Å². The number of methoxy groups -OCH3 is 1. The molecule has 0 spiro atoms. The lowest BCUT2D eigenvalue weighted by Gasteiger charge is -2.29. The molecule has 1 aliphatic rings. The Balaban J connectivity index is 1.50. The fourth-order valence-electron chi connectivity index (χ4n) is 3.30. The van der Waals surface area contributed by atoms with E-state index in [4.69, 9.17) is 4.74 Å². The van der Waals surface area contributed by atoms with Crippen LogP contribution in [0.1, 0.15) is 11.1 Å². The molecular formula is C19H25BrN2O+2. The third-order valence-corrected chi connectivity index (χ3v) is 5.25. The van der Waals surface area contributed by atoms with Gasteiger partial charge < -0.3 is 14.5 Å². The summed E-state index contributed by atoms with van der Waals surface area (Å²) in [5, 5.41) is 0. The second-order valence-electron chi connectivity index (χ2n) is 6.31. The van der Waals surface area contributed by atoms with Crippen molar-refractivity contribution in [2.45, 2.75) is 13.1 Å². The minimum atomic E-state index is 0.904. The molecule has 2 N–H and O–H groups in total. The Morgan fingerprint density at radius 3 is 2.04 bits per heavy atom. The van der Waals surface area contributed by atoms with Gasteiger partial charge in [-0.2, -0.15) is 0 Å². The van der Waals surface area contributed by atoms with E-state index in [9.17, 15) is 0 Å². The van der Waals surface area contributed by atoms with E-state index in [1.165, 1.54) is 37.3 Å². The zero-order chi connectivity index (χ0) is 16.1. The van der Waals surface area contributed by atoms with Crippen LogP contribution in [0.5, 0.6) is 5.75 Å². The summed E-state index contributed by atoms with van der Waals surface area (Å²) < 4.78 is 6.35. The normalized spacial score (nSPS) is 21.1. The Labute approximate surface area is 147 Å². The van der Waals surface area contributed by atoms with E-state index in [2.05, 4.69) is 64.5 Å². The molecule has 1 saturated heterocycles. The first kappa shape index (κ1) is 16.5. The summed E-state index contributed by atoms with van der Waals surface area (Å²) in [7, 11) is 1.71. The molecule has 4 heteroatoms. The SMILES string of the molecule is COc1ccc(C[NH+]2CC[NH+](Cc3ccccc3)CC2)cc1Br. The maximum Gasteiger partial charge on any atom is 0.133 e. The van der Waals surface area contributed by atoms with Gasteiger partial charge in [0.25, 0.3) is 0 Å². The Bertz CT molecular complexity index is 625. The average molecular weight is 377 g/mol. The van der Waals surface area contributed by atoms with Crippen molar-refractivity contribution in [2.75, 3.05) is 33.3 Å². The standard InChI is InChI=1S/C19H23BrN2O/c1-23-19-8-7-17(13-18(19)20)15-22-11-9-21(10-12-22)14-16-5-3-2-4-6-16/h2-8,13H,9-12,14-15H2,1H3/p+2. The Hall–Kier alpha value is -1.36. The zero-order valence-corrected chi connectivity index (χ0v) is 15.2. The lowest BCUT2D eigenvalue weighted by Crippen LogP contribution is -3.27. The minimum absolute atomic E-state index is 0.904. The highest BCUT2D eigenvalue weighted by atomic mass is 79.9. The summed E-state index contributed by atoms with van der Waals surface area (Å²) in [5.74, 6) is 0.904. The van der Waals surface area contributed by atoms with Crippen LogP contribution in [-0.4, -0.2) is 33.3 Å². The van der Waals surface area contributed by atoms with Crippen molar-refractivity contribution in [3.8, 4) is 5.75 Å². The molecular weight excluding hydrogens is 352 g/mol. The highest BCUT2D eigenvalue weighted by Crippen LogP contribution is 2.25. The first-order chi connectivity index (χ1) is 11.2. The van der Waals surface area contributed by atoms with Crippen molar-refractivity contribution in [1.82, 2.24) is 0 Å². The van der Waals surface area contributed by atoms with Gasteiger partial charge in [0.05, 0.1) is 11.6 Å². The molecule has 2 aromatic carbocycles. The average Bonchev–Trinajstić information content (AvgIpc) is 2.58. The van der Waals surface area contributed by atoms with E-state index in [0.29, 0.717) is 0 Å². The molecule has 122 valence electrons. The predicted octanol–water partition coefficient (Wildman–Crippen LogP) is 0.941. The van der Waals surface area contributed by atoms with Gasteiger partial charge in [-0.15, -0.1) is 0 Å². The van der Waals surface area contributed by atoms with Crippen molar-refractivity contribution in [3.05, 3.63) is 64.1 Å². The molecule has 0 radical (unpaired) electrons. The first-order valence-corrected chi connectivity index (χ1v) is 9.07. The van der Waals surface area contributed by atoms with Gasteiger partial charge in [-0.1, -0.05) is 30.3 Å².